The van der Waals surface area contributed by atoms with Gasteiger partial charge in [0.2, 0.25) is 0 Å². The Morgan fingerprint density at radius 2 is 1.90 bits per heavy atom. The van der Waals surface area contributed by atoms with Gasteiger partial charge >= 0.3 is 5.97 Å². The Morgan fingerprint density at radius 1 is 1.25 bits per heavy atom. The fourth-order valence-electron chi connectivity index (χ4n) is 1.82. The zero-order chi connectivity index (χ0) is 14.8. The predicted octanol–water partition coefficient (Wildman–Crippen LogP) is 4.28. The molecular weight excluding hydrogens is 270 g/mol. The molecule has 0 aliphatic heterocycles. The number of hydrogen-bond acceptors (Lipinski definition) is 4. The van der Waals surface area contributed by atoms with Gasteiger partial charge in [0.25, 0.3) is 0 Å². The molecule has 0 spiro atoms. The van der Waals surface area contributed by atoms with Gasteiger partial charge in [0.15, 0.2) is 0 Å². The minimum absolute atomic E-state index is 0.136. The number of thiazole rings is 1. The maximum Gasteiger partial charge on any atom is 0.349 e. The molecule has 0 saturated carbocycles. The van der Waals surface area contributed by atoms with E-state index < -0.39 is 0 Å². The van der Waals surface area contributed by atoms with Crippen LogP contribution >= 0.6 is 11.3 Å². The molecule has 0 radical (unpaired) electrons. The summed E-state index contributed by atoms with van der Waals surface area (Å²) in [5, 5.41) is 0.841. The van der Waals surface area contributed by atoms with Crippen molar-refractivity contribution in [1.82, 2.24) is 4.98 Å². The fraction of sp³-hybridized carbons (Fsp3) is 0.375. The highest BCUT2D eigenvalue weighted by Gasteiger charge is 2.15. The van der Waals surface area contributed by atoms with Crippen molar-refractivity contribution in [3.8, 4) is 10.6 Å². The maximum atomic E-state index is 11.6. The van der Waals surface area contributed by atoms with Crippen LogP contribution in [0.25, 0.3) is 10.6 Å². The van der Waals surface area contributed by atoms with Crippen molar-refractivity contribution < 1.29 is 9.53 Å². The number of aromatic nitrogens is 1. The molecule has 3 nitrogen and oxygen atoms in total. The monoisotopic (exact) mass is 289 g/mol. The van der Waals surface area contributed by atoms with Crippen molar-refractivity contribution in [2.75, 3.05) is 6.61 Å². The van der Waals surface area contributed by atoms with Crippen LogP contribution in [0, 0.1) is 0 Å². The average molecular weight is 289 g/mol. The Balaban J connectivity index is 2.22. The van der Waals surface area contributed by atoms with Crippen LogP contribution in [0.2, 0.25) is 0 Å². The smallest absolute Gasteiger partial charge is 0.349 e. The van der Waals surface area contributed by atoms with Gasteiger partial charge in [0, 0.05) is 5.56 Å². The summed E-state index contributed by atoms with van der Waals surface area (Å²) in [6, 6.07) is 8.32. The van der Waals surface area contributed by atoms with E-state index in [2.05, 4.69) is 37.9 Å². The predicted molar refractivity (Wildman–Crippen MR) is 82.2 cm³/mol. The van der Waals surface area contributed by atoms with Crippen LogP contribution < -0.4 is 0 Å². The molecule has 0 fully saturated rings. The van der Waals surface area contributed by atoms with Crippen LogP contribution in [0.5, 0.6) is 0 Å². The quantitative estimate of drug-likeness (QED) is 0.791. The number of carbonyl (C=O) groups is 1. The number of ether oxygens (including phenoxy) is 1. The highest BCUT2D eigenvalue weighted by atomic mass is 32.1. The van der Waals surface area contributed by atoms with E-state index in [1.165, 1.54) is 16.9 Å². The summed E-state index contributed by atoms with van der Waals surface area (Å²) in [7, 11) is 0. The third-order valence-corrected chi connectivity index (χ3v) is 4.01. The Labute approximate surface area is 123 Å². The lowest BCUT2D eigenvalue weighted by molar-refractivity contribution is 0.0532. The number of rotatable bonds is 3. The summed E-state index contributed by atoms with van der Waals surface area (Å²) >= 11 is 1.36. The third kappa shape index (κ3) is 3.25. The zero-order valence-corrected chi connectivity index (χ0v) is 13.1. The first-order valence-corrected chi connectivity index (χ1v) is 7.47. The van der Waals surface area contributed by atoms with Crippen LogP contribution in [0.4, 0.5) is 0 Å². The van der Waals surface area contributed by atoms with Crippen molar-refractivity contribution in [3.05, 3.63) is 40.9 Å². The van der Waals surface area contributed by atoms with Gasteiger partial charge in [0.05, 0.1) is 12.8 Å². The minimum atomic E-state index is -0.303. The van der Waals surface area contributed by atoms with E-state index in [4.69, 9.17) is 4.74 Å². The zero-order valence-electron chi connectivity index (χ0n) is 12.3. The van der Waals surface area contributed by atoms with E-state index in [9.17, 15) is 4.79 Å². The number of esters is 1. The number of nitrogens with zero attached hydrogens (tertiary/aromatic N) is 1. The molecule has 0 aliphatic carbocycles. The molecule has 106 valence electrons. The van der Waals surface area contributed by atoms with E-state index in [1.54, 1.807) is 13.1 Å². The normalized spacial score (nSPS) is 11.4. The Hall–Kier alpha value is -1.68. The topological polar surface area (TPSA) is 39.2 Å². The van der Waals surface area contributed by atoms with Gasteiger partial charge in [-0.05, 0) is 17.9 Å². The number of benzene rings is 1. The Bertz CT molecular complexity index is 594. The summed E-state index contributed by atoms with van der Waals surface area (Å²) in [5.41, 5.74) is 2.44. The SMILES string of the molecule is CCOC(=O)c1cnc(-c2ccc(C(C)(C)C)cc2)s1. The van der Waals surface area contributed by atoms with Crippen molar-refractivity contribution in [1.29, 1.82) is 0 Å². The van der Waals surface area contributed by atoms with Crippen molar-refractivity contribution in [2.45, 2.75) is 33.1 Å². The summed E-state index contributed by atoms with van der Waals surface area (Å²) in [4.78, 5) is 16.5. The summed E-state index contributed by atoms with van der Waals surface area (Å²) in [6.07, 6.45) is 1.58. The van der Waals surface area contributed by atoms with Crippen LogP contribution in [0.15, 0.2) is 30.5 Å². The highest BCUT2D eigenvalue weighted by molar-refractivity contribution is 7.16. The highest BCUT2D eigenvalue weighted by Crippen LogP contribution is 2.28. The molecule has 1 aromatic carbocycles. The van der Waals surface area contributed by atoms with E-state index in [0.717, 1.165) is 10.6 Å². The first kappa shape index (κ1) is 14.7. The van der Waals surface area contributed by atoms with Gasteiger partial charge in [-0.25, -0.2) is 9.78 Å². The van der Waals surface area contributed by atoms with Gasteiger partial charge in [-0.2, -0.15) is 0 Å². The van der Waals surface area contributed by atoms with Crippen molar-refractivity contribution in [3.63, 3.8) is 0 Å². The summed E-state index contributed by atoms with van der Waals surface area (Å²) in [5.74, 6) is -0.303. The van der Waals surface area contributed by atoms with Gasteiger partial charge < -0.3 is 4.74 Å². The fourth-order valence-corrected chi connectivity index (χ4v) is 2.63. The van der Waals surface area contributed by atoms with Gasteiger partial charge in [-0.3, -0.25) is 0 Å². The van der Waals surface area contributed by atoms with E-state index >= 15 is 0 Å². The number of hydrogen-bond donors (Lipinski definition) is 0. The molecule has 1 aromatic heterocycles. The van der Waals surface area contributed by atoms with Crippen LogP contribution in [0.1, 0.15) is 42.9 Å². The van der Waals surface area contributed by atoms with Gasteiger partial charge in [0.1, 0.15) is 9.88 Å². The lowest BCUT2D eigenvalue weighted by Crippen LogP contribution is -2.10. The molecule has 1 heterocycles. The molecule has 0 atom stereocenters. The van der Waals surface area contributed by atoms with E-state index in [-0.39, 0.29) is 11.4 Å². The minimum Gasteiger partial charge on any atom is -0.462 e. The molecule has 0 unspecified atom stereocenters. The average Bonchev–Trinajstić information content (AvgIpc) is 2.88. The summed E-state index contributed by atoms with van der Waals surface area (Å²) in [6.45, 7) is 8.73. The van der Waals surface area contributed by atoms with Crippen molar-refractivity contribution in [2.24, 2.45) is 0 Å². The second-order valence-corrected chi connectivity index (χ2v) is 6.61. The van der Waals surface area contributed by atoms with Crippen LogP contribution in [0.3, 0.4) is 0 Å². The van der Waals surface area contributed by atoms with E-state index in [1.807, 2.05) is 12.1 Å². The molecular formula is C16H19NO2S. The largest absolute Gasteiger partial charge is 0.462 e. The Kier molecular flexibility index (Phi) is 4.23. The van der Waals surface area contributed by atoms with Crippen LogP contribution in [-0.2, 0) is 10.2 Å². The molecule has 2 rings (SSSR count). The van der Waals surface area contributed by atoms with Gasteiger partial charge in [-0.15, -0.1) is 11.3 Å². The number of carbonyl (C=O) groups excluding carboxylic acids is 1. The first-order chi connectivity index (χ1) is 9.41. The second kappa shape index (κ2) is 5.75. The summed E-state index contributed by atoms with van der Waals surface area (Å²) < 4.78 is 4.97. The lowest BCUT2D eigenvalue weighted by Gasteiger charge is -2.18. The standard InChI is InChI=1S/C16H19NO2S/c1-5-19-15(18)13-10-17-14(20-13)11-6-8-12(9-7-11)16(2,3)4/h6-10H,5H2,1-4H3. The molecule has 0 saturated heterocycles. The maximum absolute atomic E-state index is 11.6. The molecule has 0 bridgehead atoms. The molecule has 0 amide bonds. The lowest BCUT2D eigenvalue weighted by atomic mass is 9.87. The first-order valence-electron chi connectivity index (χ1n) is 6.65. The molecule has 2 aromatic rings. The molecule has 0 aliphatic rings. The van der Waals surface area contributed by atoms with E-state index in [0.29, 0.717) is 11.5 Å². The molecule has 20 heavy (non-hydrogen) atoms. The molecule has 0 N–H and O–H groups in total. The van der Waals surface area contributed by atoms with Crippen LogP contribution in [-0.4, -0.2) is 17.6 Å². The Morgan fingerprint density at radius 3 is 2.45 bits per heavy atom. The van der Waals surface area contributed by atoms with Gasteiger partial charge in [-0.1, -0.05) is 45.0 Å². The second-order valence-electron chi connectivity index (χ2n) is 5.58. The third-order valence-electron chi connectivity index (χ3n) is 2.98. The molecule has 4 heteroatoms. The van der Waals surface area contributed by atoms with Crippen molar-refractivity contribution >= 4 is 17.3 Å².